The quantitative estimate of drug-likeness (QED) is 0.384. The Balaban J connectivity index is 2.00. The van der Waals surface area contributed by atoms with Crippen molar-refractivity contribution < 1.29 is 18.8 Å². The van der Waals surface area contributed by atoms with E-state index in [0.717, 1.165) is 12.7 Å². The van der Waals surface area contributed by atoms with Gasteiger partial charge in [-0.2, -0.15) is 0 Å². The van der Waals surface area contributed by atoms with E-state index in [1.165, 1.54) is 5.56 Å². The summed E-state index contributed by atoms with van der Waals surface area (Å²) >= 11 is 0. The number of benzene rings is 1. The first-order chi connectivity index (χ1) is 15.6. The molecular formula is C27H44N2O4Si. The first-order valence-corrected chi connectivity index (χ1v) is 15.5. The molecule has 6 nitrogen and oxygen atoms in total. The van der Waals surface area contributed by atoms with Gasteiger partial charge in [0.25, 0.3) is 0 Å². The van der Waals surface area contributed by atoms with E-state index in [-0.39, 0.29) is 23.2 Å². The van der Waals surface area contributed by atoms with Gasteiger partial charge < -0.3 is 14.0 Å². The maximum atomic E-state index is 13.4. The first kappa shape index (κ1) is 26.9. The van der Waals surface area contributed by atoms with Crippen LogP contribution in [0.1, 0.15) is 66.9 Å². The summed E-state index contributed by atoms with van der Waals surface area (Å²) < 4.78 is 12.7. The predicted octanol–water partition coefficient (Wildman–Crippen LogP) is 5.62. The lowest BCUT2D eigenvalue weighted by atomic mass is 9.92. The van der Waals surface area contributed by atoms with Crippen LogP contribution in [0.4, 0.5) is 4.79 Å². The second-order valence-electron chi connectivity index (χ2n) is 12.6. The van der Waals surface area contributed by atoms with E-state index in [1.54, 1.807) is 4.90 Å². The van der Waals surface area contributed by atoms with Crippen LogP contribution in [0.5, 0.6) is 0 Å². The minimum Gasteiger partial charge on any atom is -0.444 e. The van der Waals surface area contributed by atoms with E-state index in [4.69, 9.17) is 9.16 Å². The molecule has 0 spiro atoms. The molecule has 0 aliphatic carbocycles. The third kappa shape index (κ3) is 5.42. The number of piperazine rings is 1. The highest BCUT2D eigenvalue weighted by Gasteiger charge is 2.60. The Kier molecular flexibility index (Phi) is 7.43. The zero-order valence-electron chi connectivity index (χ0n) is 22.6. The summed E-state index contributed by atoms with van der Waals surface area (Å²) in [5, 5.41) is 0.0767. The molecule has 0 radical (unpaired) electrons. The molecule has 2 heterocycles. The highest BCUT2D eigenvalue weighted by atomic mass is 28.4. The van der Waals surface area contributed by atoms with E-state index >= 15 is 0 Å². The Hall–Kier alpha value is -1.70. The molecule has 2 aliphatic rings. The third-order valence-corrected chi connectivity index (χ3v) is 12.4. The number of nitrogens with zero attached hydrogens (tertiary/aromatic N) is 2. The first-order valence-electron chi connectivity index (χ1n) is 12.5. The molecule has 1 aromatic rings. The van der Waals surface area contributed by atoms with Crippen molar-refractivity contribution in [2.75, 3.05) is 6.54 Å². The minimum absolute atomic E-state index is 0.0302. The lowest BCUT2D eigenvalue weighted by Gasteiger charge is -2.53. The van der Waals surface area contributed by atoms with Crippen LogP contribution in [0, 0.1) is 0 Å². The molecule has 34 heavy (non-hydrogen) atoms. The highest BCUT2D eigenvalue weighted by molar-refractivity contribution is 6.74. The summed E-state index contributed by atoms with van der Waals surface area (Å²) in [6, 6.07) is 10.2. The molecule has 0 saturated carbocycles. The number of aldehydes is 1. The summed E-state index contributed by atoms with van der Waals surface area (Å²) in [7, 11) is -2.05. The smallest absolute Gasteiger partial charge is 0.411 e. The lowest BCUT2D eigenvalue weighted by molar-refractivity contribution is -0.128. The summed E-state index contributed by atoms with van der Waals surface area (Å²) in [6.45, 7) is 20.2. The molecule has 2 saturated heterocycles. The molecule has 2 aliphatic heterocycles. The Morgan fingerprint density at radius 1 is 1.18 bits per heavy atom. The van der Waals surface area contributed by atoms with Gasteiger partial charge in [-0.05, 0) is 64.2 Å². The molecule has 7 heteroatoms. The highest BCUT2D eigenvalue weighted by Crippen LogP contribution is 2.45. The Labute approximate surface area is 207 Å². The fourth-order valence-electron chi connectivity index (χ4n) is 5.24. The van der Waals surface area contributed by atoms with E-state index in [2.05, 4.69) is 57.8 Å². The van der Waals surface area contributed by atoms with Gasteiger partial charge >= 0.3 is 6.09 Å². The van der Waals surface area contributed by atoms with Gasteiger partial charge in [-0.3, -0.25) is 9.80 Å². The molecule has 0 aromatic heterocycles. The summed E-state index contributed by atoms with van der Waals surface area (Å²) in [6.07, 6.45) is 1.90. The van der Waals surface area contributed by atoms with Gasteiger partial charge in [-0.25, -0.2) is 4.79 Å². The van der Waals surface area contributed by atoms with Crippen LogP contribution in [0.15, 0.2) is 30.3 Å². The summed E-state index contributed by atoms with van der Waals surface area (Å²) in [4.78, 5) is 30.1. The number of fused-ring (bicyclic) bond motifs is 2. The fraction of sp³-hybridized carbons (Fsp3) is 0.704. The number of likely N-dealkylation sites (tertiary alicyclic amines) is 1. The second kappa shape index (κ2) is 9.39. The van der Waals surface area contributed by atoms with Crippen molar-refractivity contribution >= 4 is 20.7 Å². The van der Waals surface area contributed by atoms with Crippen molar-refractivity contribution in [2.24, 2.45) is 0 Å². The van der Waals surface area contributed by atoms with Crippen LogP contribution < -0.4 is 0 Å². The van der Waals surface area contributed by atoms with E-state index in [1.807, 2.05) is 39.0 Å². The predicted molar refractivity (Wildman–Crippen MR) is 138 cm³/mol. The molecule has 0 N–H and O–H groups in total. The van der Waals surface area contributed by atoms with Crippen LogP contribution in [-0.4, -0.2) is 66.4 Å². The number of rotatable bonds is 6. The van der Waals surface area contributed by atoms with Gasteiger partial charge in [-0.1, -0.05) is 51.1 Å². The number of hydrogen-bond acceptors (Lipinski definition) is 5. The molecule has 2 fully saturated rings. The molecule has 4 atom stereocenters. The topological polar surface area (TPSA) is 59.1 Å². The van der Waals surface area contributed by atoms with Gasteiger partial charge in [0.15, 0.2) is 8.32 Å². The number of carbonyl (C=O) groups is 2. The largest absolute Gasteiger partial charge is 0.444 e. The molecule has 1 aromatic carbocycles. The number of ether oxygens (including phenoxy) is 1. The number of hydrogen-bond donors (Lipinski definition) is 0. The molecule has 0 unspecified atom stereocenters. The average Bonchev–Trinajstić information content (AvgIpc) is 2.97. The van der Waals surface area contributed by atoms with Crippen molar-refractivity contribution in [3.63, 3.8) is 0 Å². The molecule has 3 rings (SSSR count). The Morgan fingerprint density at radius 3 is 2.32 bits per heavy atom. The van der Waals surface area contributed by atoms with E-state index < -0.39 is 25.6 Å². The zero-order chi connectivity index (χ0) is 25.5. The van der Waals surface area contributed by atoms with Gasteiger partial charge in [0.1, 0.15) is 17.4 Å². The fourth-order valence-corrected chi connectivity index (χ4v) is 6.66. The molecule has 1 amide bonds. The van der Waals surface area contributed by atoms with Gasteiger partial charge in [0.05, 0.1) is 18.2 Å². The Morgan fingerprint density at radius 2 is 1.79 bits per heavy atom. The van der Waals surface area contributed by atoms with Gasteiger partial charge in [0, 0.05) is 13.1 Å². The monoisotopic (exact) mass is 488 g/mol. The average molecular weight is 489 g/mol. The lowest BCUT2D eigenvalue weighted by Crippen LogP contribution is -2.70. The zero-order valence-corrected chi connectivity index (χ0v) is 23.6. The van der Waals surface area contributed by atoms with Crippen LogP contribution >= 0.6 is 0 Å². The third-order valence-electron chi connectivity index (χ3n) is 7.78. The Bertz CT molecular complexity index is 877. The van der Waals surface area contributed by atoms with Gasteiger partial charge in [-0.15, -0.1) is 0 Å². The van der Waals surface area contributed by atoms with Crippen molar-refractivity contribution in [1.82, 2.24) is 9.80 Å². The molecular weight excluding hydrogens is 444 g/mol. The molecule has 190 valence electrons. The number of carbonyl (C=O) groups excluding carboxylic acids is 2. The van der Waals surface area contributed by atoms with Crippen molar-refractivity contribution in [2.45, 2.75) is 115 Å². The van der Waals surface area contributed by atoms with Crippen molar-refractivity contribution in [1.29, 1.82) is 0 Å². The standard InChI is InChI=1S/C27H44N2O4Si/c1-20(33-34(8,9)26(5,6)7)23-22-15-16-27(19-30,29(22)24(31)32-25(2,3)4)18-28(23)17-21-13-11-10-12-14-21/h10-14,19-20,22-23H,15-18H2,1-9H3/t20-,22-,23+,27+/m0/s1. The molecule has 2 bridgehead atoms. The maximum absolute atomic E-state index is 13.4. The van der Waals surface area contributed by atoms with E-state index in [9.17, 15) is 9.59 Å². The number of amides is 1. The summed E-state index contributed by atoms with van der Waals surface area (Å²) in [5.74, 6) is 0. The van der Waals surface area contributed by atoms with Crippen molar-refractivity contribution in [3.8, 4) is 0 Å². The van der Waals surface area contributed by atoms with Crippen LogP contribution in [0.3, 0.4) is 0 Å². The minimum atomic E-state index is -2.05. The van der Waals surface area contributed by atoms with Crippen LogP contribution in [0.2, 0.25) is 18.1 Å². The SMILES string of the molecule is C[C@H](O[Si](C)(C)C(C)(C)C)[C@@H]1[C@@H]2CC[C@](C=O)(CN1Cc1ccccc1)N2C(=O)OC(C)(C)C. The van der Waals surface area contributed by atoms with Crippen LogP contribution in [-0.2, 0) is 20.5 Å². The maximum Gasteiger partial charge on any atom is 0.411 e. The summed E-state index contributed by atoms with van der Waals surface area (Å²) in [5.41, 5.74) is -0.298. The van der Waals surface area contributed by atoms with Gasteiger partial charge in [0.2, 0.25) is 0 Å². The van der Waals surface area contributed by atoms with Crippen molar-refractivity contribution in [3.05, 3.63) is 35.9 Å². The second-order valence-corrected chi connectivity index (χ2v) is 17.4. The van der Waals surface area contributed by atoms with E-state index in [0.29, 0.717) is 19.5 Å². The normalized spacial score (nSPS) is 26.9. The van der Waals surface area contributed by atoms with Crippen LogP contribution in [0.25, 0.3) is 0 Å².